The van der Waals surface area contributed by atoms with E-state index in [1.807, 2.05) is 6.07 Å². The van der Waals surface area contributed by atoms with E-state index < -0.39 is 21.3 Å². The summed E-state index contributed by atoms with van der Waals surface area (Å²) in [4.78, 5) is 11.8. The van der Waals surface area contributed by atoms with Gasteiger partial charge in [0.2, 0.25) is 5.91 Å². The zero-order valence-corrected chi connectivity index (χ0v) is 17.8. The third kappa shape index (κ3) is 3.58. The van der Waals surface area contributed by atoms with Crippen LogP contribution in [0.2, 0.25) is 0 Å². The number of fused-ring (bicyclic) bond motifs is 1. The Labute approximate surface area is 172 Å². The van der Waals surface area contributed by atoms with E-state index in [2.05, 4.69) is 19.2 Å². The lowest BCUT2D eigenvalue weighted by Crippen LogP contribution is -2.48. The van der Waals surface area contributed by atoms with Gasteiger partial charge in [-0.15, -0.1) is 0 Å². The second-order valence-corrected chi connectivity index (χ2v) is 10.1. The van der Waals surface area contributed by atoms with Crippen molar-refractivity contribution in [3.05, 3.63) is 64.7 Å². The fourth-order valence-corrected chi connectivity index (χ4v) is 5.33. The average molecular weight is 417 g/mol. The molecule has 0 saturated carbocycles. The number of carbonyl (C=O) groups is 1. The van der Waals surface area contributed by atoms with Crippen molar-refractivity contribution >= 4 is 15.7 Å². The van der Waals surface area contributed by atoms with Crippen LogP contribution in [0.1, 0.15) is 53.7 Å². The first-order valence-corrected chi connectivity index (χ1v) is 11.4. The molecule has 1 unspecified atom stereocenters. The summed E-state index contributed by atoms with van der Waals surface area (Å²) < 4.78 is 24.3. The van der Waals surface area contributed by atoms with Crippen LogP contribution in [0.25, 0.3) is 0 Å². The van der Waals surface area contributed by atoms with Gasteiger partial charge < -0.3 is 16.2 Å². The zero-order valence-electron chi connectivity index (χ0n) is 17.0. The van der Waals surface area contributed by atoms with Crippen molar-refractivity contribution < 1.29 is 18.3 Å². The van der Waals surface area contributed by atoms with Gasteiger partial charge in [-0.1, -0.05) is 39.0 Å². The third-order valence-electron chi connectivity index (χ3n) is 6.07. The Morgan fingerprint density at radius 2 is 1.86 bits per heavy atom. The molecular formula is C22H28N2O4S. The van der Waals surface area contributed by atoms with E-state index in [1.165, 1.54) is 0 Å². The highest BCUT2D eigenvalue weighted by atomic mass is 32.2. The average Bonchev–Trinajstić information content (AvgIpc) is 3.09. The molecule has 0 radical (unpaired) electrons. The molecule has 6 nitrogen and oxygen atoms in total. The number of benzene rings is 2. The Balaban J connectivity index is 2.09. The largest absolute Gasteiger partial charge is 0.396 e. The molecule has 156 valence electrons. The maximum atomic E-state index is 12.1. The number of nitrogens with two attached hydrogens (primary N) is 1. The second-order valence-electron chi connectivity index (χ2n) is 7.82. The van der Waals surface area contributed by atoms with Gasteiger partial charge >= 0.3 is 0 Å². The lowest BCUT2D eigenvalue weighted by atomic mass is 9.69. The molecule has 1 aliphatic rings. The molecule has 2 atom stereocenters. The van der Waals surface area contributed by atoms with Crippen LogP contribution >= 0.6 is 0 Å². The predicted octanol–water partition coefficient (Wildman–Crippen LogP) is 2.31. The SMILES string of the molecule is CCS(=O)(=O)c1ccc([C@@H](CO)C2(C(C)C)NCc3cc(C(N)=O)ccc32)cc1. The summed E-state index contributed by atoms with van der Waals surface area (Å²) >= 11 is 0. The number of primary amides is 1. The minimum atomic E-state index is -3.28. The number of aliphatic hydroxyl groups is 1. The lowest BCUT2D eigenvalue weighted by molar-refractivity contribution is 0.1000. The van der Waals surface area contributed by atoms with E-state index >= 15 is 0 Å². The van der Waals surface area contributed by atoms with Gasteiger partial charge in [0.15, 0.2) is 9.84 Å². The molecule has 0 aromatic heterocycles. The molecule has 4 N–H and O–H groups in total. The van der Waals surface area contributed by atoms with E-state index in [1.54, 1.807) is 43.3 Å². The Kier molecular flexibility index (Phi) is 5.85. The molecule has 0 spiro atoms. The third-order valence-corrected chi connectivity index (χ3v) is 7.82. The van der Waals surface area contributed by atoms with Gasteiger partial charge in [0, 0.05) is 18.0 Å². The van der Waals surface area contributed by atoms with Gasteiger partial charge in [0.1, 0.15) is 0 Å². The van der Waals surface area contributed by atoms with Crippen molar-refractivity contribution in [1.82, 2.24) is 5.32 Å². The first kappa shape index (κ1) is 21.5. The number of hydrogen-bond donors (Lipinski definition) is 3. The molecule has 3 rings (SSSR count). The van der Waals surface area contributed by atoms with Crippen LogP contribution in [0.5, 0.6) is 0 Å². The maximum absolute atomic E-state index is 12.1. The highest BCUT2D eigenvalue weighted by Crippen LogP contribution is 2.47. The van der Waals surface area contributed by atoms with Crippen molar-refractivity contribution in [3.8, 4) is 0 Å². The molecule has 0 aliphatic carbocycles. The molecule has 2 aromatic rings. The molecule has 29 heavy (non-hydrogen) atoms. The summed E-state index contributed by atoms with van der Waals surface area (Å²) in [6.07, 6.45) is 0. The fourth-order valence-electron chi connectivity index (χ4n) is 4.45. The van der Waals surface area contributed by atoms with Gasteiger partial charge in [0.05, 0.1) is 22.8 Å². The number of amides is 1. The molecule has 1 amide bonds. The topological polar surface area (TPSA) is 109 Å². The van der Waals surface area contributed by atoms with Crippen molar-refractivity contribution in [2.24, 2.45) is 11.7 Å². The van der Waals surface area contributed by atoms with Crippen LogP contribution in [0.15, 0.2) is 47.4 Å². The molecule has 0 bridgehead atoms. The Morgan fingerprint density at radius 3 is 2.38 bits per heavy atom. The number of carbonyl (C=O) groups excluding carboxylic acids is 1. The molecule has 1 aliphatic heterocycles. The number of sulfone groups is 1. The molecule has 7 heteroatoms. The lowest BCUT2D eigenvalue weighted by Gasteiger charge is -2.42. The normalized spacial score (nSPS) is 19.9. The predicted molar refractivity (Wildman–Crippen MR) is 112 cm³/mol. The monoisotopic (exact) mass is 416 g/mol. The quantitative estimate of drug-likeness (QED) is 0.642. The van der Waals surface area contributed by atoms with E-state index in [9.17, 15) is 18.3 Å². The van der Waals surface area contributed by atoms with Gasteiger partial charge in [-0.2, -0.15) is 0 Å². The highest BCUT2D eigenvalue weighted by Gasteiger charge is 2.47. The molecule has 0 saturated heterocycles. The van der Waals surface area contributed by atoms with Gasteiger partial charge in [-0.3, -0.25) is 4.79 Å². The number of hydrogen-bond acceptors (Lipinski definition) is 5. The van der Waals surface area contributed by atoms with Crippen LogP contribution in [-0.4, -0.2) is 31.8 Å². The van der Waals surface area contributed by atoms with Crippen LogP contribution in [0.4, 0.5) is 0 Å². The summed E-state index contributed by atoms with van der Waals surface area (Å²) in [6, 6.07) is 12.2. The van der Waals surface area contributed by atoms with Crippen LogP contribution in [0.3, 0.4) is 0 Å². The minimum Gasteiger partial charge on any atom is -0.396 e. The van der Waals surface area contributed by atoms with E-state index in [4.69, 9.17) is 5.73 Å². The van der Waals surface area contributed by atoms with Gasteiger partial charge in [0.25, 0.3) is 0 Å². The number of nitrogens with one attached hydrogen (secondary N) is 1. The maximum Gasteiger partial charge on any atom is 0.248 e. The zero-order chi connectivity index (χ0) is 21.4. The first-order valence-electron chi connectivity index (χ1n) is 9.79. The standard InChI is InChI=1S/C22H28N2O4S/c1-4-29(27,28)18-8-5-15(6-9-18)20(13-25)22(14(2)3)19-10-7-16(21(23)26)11-17(19)12-24-22/h5-11,14,20,24-25H,4,12-13H2,1-3H3,(H2,23,26)/t20-,22?/m1/s1. The van der Waals surface area contributed by atoms with Crippen LogP contribution in [-0.2, 0) is 21.9 Å². The Bertz CT molecular complexity index is 1020. The van der Waals surface area contributed by atoms with E-state index in [-0.39, 0.29) is 29.1 Å². The fraction of sp³-hybridized carbons (Fsp3) is 0.409. The van der Waals surface area contributed by atoms with Crippen molar-refractivity contribution in [2.45, 2.75) is 43.7 Å². The second kappa shape index (κ2) is 7.89. The van der Waals surface area contributed by atoms with Crippen molar-refractivity contribution in [2.75, 3.05) is 12.4 Å². The van der Waals surface area contributed by atoms with Gasteiger partial charge in [-0.25, -0.2) is 8.42 Å². The summed E-state index contributed by atoms with van der Waals surface area (Å²) in [5, 5.41) is 13.9. The van der Waals surface area contributed by atoms with Crippen molar-refractivity contribution in [3.63, 3.8) is 0 Å². The summed E-state index contributed by atoms with van der Waals surface area (Å²) in [5.74, 6) is -0.592. The molecule has 2 aromatic carbocycles. The van der Waals surface area contributed by atoms with Crippen molar-refractivity contribution in [1.29, 1.82) is 0 Å². The Hall–Kier alpha value is -2.22. The van der Waals surface area contributed by atoms with Crippen LogP contribution < -0.4 is 11.1 Å². The summed E-state index contributed by atoms with van der Waals surface area (Å²) in [5.41, 5.74) is 8.20. The minimum absolute atomic E-state index is 0.0445. The molecule has 1 heterocycles. The number of rotatable bonds is 7. The van der Waals surface area contributed by atoms with E-state index in [0.29, 0.717) is 12.1 Å². The Morgan fingerprint density at radius 1 is 1.21 bits per heavy atom. The molecule has 0 fully saturated rings. The number of aliphatic hydroxyl groups excluding tert-OH is 1. The summed E-state index contributed by atoms with van der Waals surface area (Å²) in [7, 11) is -3.28. The van der Waals surface area contributed by atoms with Gasteiger partial charge in [-0.05, 0) is 46.9 Å². The highest BCUT2D eigenvalue weighted by molar-refractivity contribution is 7.91. The smallest absolute Gasteiger partial charge is 0.248 e. The summed E-state index contributed by atoms with van der Waals surface area (Å²) in [6.45, 7) is 6.24. The van der Waals surface area contributed by atoms with E-state index in [0.717, 1.165) is 16.7 Å². The first-order chi connectivity index (χ1) is 13.7. The van der Waals surface area contributed by atoms with Crippen LogP contribution in [0, 0.1) is 5.92 Å². The molecular weight excluding hydrogens is 388 g/mol.